The number of benzene rings is 1. The van der Waals surface area contributed by atoms with Crippen LogP contribution in [0.25, 0.3) is 5.78 Å². The van der Waals surface area contributed by atoms with Crippen LogP contribution in [0.4, 0.5) is 0 Å². The molecule has 1 N–H and O–H groups in total. The fraction of sp³-hybridized carbons (Fsp3) is 0.250. The van der Waals surface area contributed by atoms with E-state index in [0.717, 1.165) is 18.4 Å². The van der Waals surface area contributed by atoms with Gasteiger partial charge in [0.2, 0.25) is 0 Å². The molecule has 0 unspecified atom stereocenters. The number of methoxy groups -OCH3 is 1. The Labute approximate surface area is 133 Å². The fourth-order valence-corrected chi connectivity index (χ4v) is 2.25. The largest absolute Gasteiger partial charge is 0.497 e. The molecule has 0 radical (unpaired) electrons. The Morgan fingerprint density at radius 2 is 2.26 bits per heavy atom. The highest BCUT2D eigenvalue weighted by molar-refractivity contribution is 5.94. The molecule has 0 bridgehead atoms. The third kappa shape index (κ3) is 3.63. The summed E-state index contributed by atoms with van der Waals surface area (Å²) < 4.78 is 6.76. The number of amides is 1. The van der Waals surface area contributed by atoms with E-state index >= 15 is 0 Å². The van der Waals surface area contributed by atoms with E-state index < -0.39 is 0 Å². The normalized spacial score (nSPS) is 10.7. The highest BCUT2D eigenvalue weighted by atomic mass is 16.5. The van der Waals surface area contributed by atoms with Crippen molar-refractivity contribution in [3.63, 3.8) is 0 Å². The van der Waals surface area contributed by atoms with Gasteiger partial charge < -0.3 is 10.1 Å². The predicted molar refractivity (Wildman–Crippen MR) is 84.4 cm³/mol. The molecule has 2 aromatic heterocycles. The molecule has 0 saturated carbocycles. The molecule has 1 aromatic carbocycles. The summed E-state index contributed by atoms with van der Waals surface area (Å²) in [6.07, 6.45) is 6.78. The lowest BCUT2D eigenvalue weighted by molar-refractivity contribution is 0.0953. The van der Waals surface area contributed by atoms with Gasteiger partial charge in [0.15, 0.2) is 0 Å². The summed E-state index contributed by atoms with van der Waals surface area (Å²) in [5.41, 5.74) is 1.65. The summed E-state index contributed by atoms with van der Waals surface area (Å²) in [5, 5.41) is 6.96. The van der Waals surface area contributed by atoms with Crippen LogP contribution in [0.15, 0.2) is 43.0 Å². The Bertz CT molecular complexity index is 815. The maximum absolute atomic E-state index is 12.1. The van der Waals surface area contributed by atoms with Crippen molar-refractivity contribution in [2.24, 2.45) is 0 Å². The first-order valence-corrected chi connectivity index (χ1v) is 7.33. The number of rotatable bonds is 6. The van der Waals surface area contributed by atoms with Crippen LogP contribution in [0, 0.1) is 0 Å². The average molecular weight is 311 g/mol. The first kappa shape index (κ1) is 15.0. The molecular formula is C16H17N5O2. The van der Waals surface area contributed by atoms with Crippen LogP contribution in [0.5, 0.6) is 5.75 Å². The van der Waals surface area contributed by atoms with Gasteiger partial charge in [-0.25, -0.2) is 9.50 Å². The Balaban J connectivity index is 1.49. The summed E-state index contributed by atoms with van der Waals surface area (Å²) in [7, 11) is 1.58. The molecule has 0 aliphatic rings. The quantitative estimate of drug-likeness (QED) is 0.698. The second-order valence-electron chi connectivity index (χ2n) is 5.06. The number of carbonyl (C=O) groups excluding carboxylic acids is 1. The van der Waals surface area contributed by atoms with E-state index in [1.165, 1.54) is 6.33 Å². The minimum atomic E-state index is -0.103. The molecule has 3 rings (SSSR count). The van der Waals surface area contributed by atoms with E-state index in [1.807, 2.05) is 12.3 Å². The van der Waals surface area contributed by atoms with E-state index in [0.29, 0.717) is 23.6 Å². The summed E-state index contributed by atoms with van der Waals surface area (Å²) in [6.45, 7) is 0.589. The summed E-state index contributed by atoms with van der Waals surface area (Å²) >= 11 is 0. The van der Waals surface area contributed by atoms with Gasteiger partial charge >= 0.3 is 0 Å². The number of hydrogen-bond acceptors (Lipinski definition) is 5. The van der Waals surface area contributed by atoms with Crippen molar-refractivity contribution in [2.75, 3.05) is 13.7 Å². The minimum absolute atomic E-state index is 0.103. The van der Waals surface area contributed by atoms with Gasteiger partial charge in [0.1, 0.15) is 12.1 Å². The summed E-state index contributed by atoms with van der Waals surface area (Å²) in [4.78, 5) is 20.3. The maximum atomic E-state index is 12.1. The molecule has 118 valence electrons. The molecule has 0 atom stereocenters. The lowest BCUT2D eigenvalue weighted by Gasteiger charge is -2.07. The Kier molecular flexibility index (Phi) is 4.46. The zero-order chi connectivity index (χ0) is 16.1. The molecule has 7 heteroatoms. The Morgan fingerprint density at radius 1 is 1.35 bits per heavy atom. The van der Waals surface area contributed by atoms with Crippen LogP contribution in [0.3, 0.4) is 0 Å². The van der Waals surface area contributed by atoms with Gasteiger partial charge in [-0.1, -0.05) is 6.07 Å². The van der Waals surface area contributed by atoms with Crippen molar-refractivity contribution in [1.82, 2.24) is 24.9 Å². The second kappa shape index (κ2) is 6.87. The first-order chi connectivity index (χ1) is 11.3. The second-order valence-corrected chi connectivity index (χ2v) is 5.06. The number of aryl methyl sites for hydroxylation is 1. The third-order valence-electron chi connectivity index (χ3n) is 3.45. The highest BCUT2D eigenvalue weighted by Gasteiger charge is 2.06. The van der Waals surface area contributed by atoms with E-state index in [2.05, 4.69) is 20.4 Å². The van der Waals surface area contributed by atoms with Crippen LogP contribution in [-0.4, -0.2) is 39.1 Å². The van der Waals surface area contributed by atoms with E-state index in [-0.39, 0.29) is 5.91 Å². The third-order valence-corrected chi connectivity index (χ3v) is 3.45. The molecule has 0 fully saturated rings. The summed E-state index contributed by atoms with van der Waals surface area (Å²) in [6, 6.07) is 7.09. The lowest BCUT2D eigenvalue weighted by atomic mass is 10.1. The van der Waals surface area contributed by atoms with Gasteiger partial charge in [-0.05, 0) is 36.6 Å². The predicted octanol–water partition coefficient (Wildman–Crippen LogP) is 1.50. The van der Waals surface area contributed by atoms with Crippen LogP contribution >= 0.6 is 0 Å². The molecule has 7 nitrogen and oxygen atoms in total. The topological polar surface area (TPSA) is 81.4 Å². The molecule has 1 amide bonds. The van der Waals surface area contributed by atoms with Crippen LogP contribution in [-0.2, 0) is 6.42 Å². The van der Waals surface area contributed by atoms with Crippen molar-refractivity contribution >= 4 is 11.7 Å². The van der Waals surface area contributed by atoms with Crippen molar-refractivity contribution < 1.29 is 9.53 Å². The zero-order valence-electron chi connectivity index (χ0n) is 12.8. The average Bonchev–Trinajstić information content (AvgIpc) is 3.06. The molecule has 0 spiro atoms. The number of carbonyl (C=O) groups is 1. The maximum Gasteiger partial charge on any atom is 0.252 e. The van der Waals surface area contributed by atoms with E-state index in [1.54, 1.807) is 36.0 Å². The number of nitrogens with zero attached hydrogens (tertiary/aromatic N) is 4. The van der Waals surface area contributed by atoms with Gasteiger partial charge in [-0.15, -0.1) is 0 Å². The Morgan fingerprint density at radius 3 is 3.13 bits per heavy atom. The van der Waals surface area contributed by atoms with E-state index in [4.69, 9.17) is 4.74 Å². The summed E-state index contributed by atoms with van der Waals surface area (Å²) in [5.74, 6) is 1.15. The van der Waals surface area contributed by atoms with Crippen molar-refractivity contribution in [3.05, 3.63) is 54.1 Å². The molecule has 0 saturated heterocycles. The number of ether oxygens (including phenoxy) is 1. The first-order valence-electron chi connectivity index (χ1n) is 7.33. The van der Waals surface area contributed by atoms with Crippen LogP contribution < -0.4 is 10.1 Å². The minimum Gasteiger partial charge on any atom is -0.497 e. The van der Waals surface area contributed by atoms with Crippen LogP contribution in [0.1, 0.15) is 22.3 Å². The van der Waals surface area contributed by atoms with E-state index in [9.17, 15) is 4.79 Å². The number of aromatic nitrogens is 4. The Hall–Kier alpha value is -2.96. The van der Waals surface area contributed by atoms with Crippen molar-refractivity contribution in [3.8, 4) is 5.75 Å². The standard InChI is InChI=1S/C16H17N5O2/c1-23-14-6-2-5-13(8-14)15(22)17-7-3-4-12-9-18-16-19-11-20-21(16)10-12/h2,5-6,8-11H,3-4,7H2,1H3,(H,17,22). The van der Waals surface area contributed by atoms with Crippen molar-refractivity contribution in [2.45, 2.75) is 12.8 Å². The monoisotopic (exact) mass is 311 g/mol. The lowest BCUT2D eigenvalue weighted by Crippen LogP contribution is -2.24. The molecule has 0 aliphatic heterocycles. The fourth-order valence-electron chi connectivity index (χ4n) is 2.25. The smallest absolute Gasteiger partial charge is 0.252 e. The molecule has 2 heterocycles. The number of nitrogens with one attached hydrogen (secondary N) is 1. The molecule has 0 aliphatic carbocycles. The molecule has 3 aromatic rings. The van der Waals surface area contributed by atoms with Gasteiger partial charge in [-0.2, -0.15) is 10.1 Å². The molecular weight excluding hydrogens is 294 g/mol. The van der Waals surface area contributed by atoms with Gasteiger partial charge in [0, 0.05) is 24.5 Å². The molecule has 23 heavy (non-hydrogen) atoms. The number of hydrogen-bond donors (Lipinski definition) is 1. The van der Waals surface area contributed by atoms with Gasteiger partial charge in [0.25, 0.3) is 11.7 Å². The van der Waals surface area contributed by atoms with Gasteiger partial charge in [0.05, 0.1) is 7.11 Å². The van der Waals surface area contributed by atoms with Crippen LogP contribution in [0.2, 0.25) is 0 Å². The van der Waals surface area contributed by atoms with Crippen molar-refractivity contribution in [1.29, 1.82) is 0 Å². The SMILES string of the molecule is COc1cccc(C(=O)NCCCc2cnc3ncnn3c2)c1. The number of fused-ring (bicyclic) bond motifs is 1. The van der Waals surface area contributed by atoms with Gasteiger partial charge in [-0.3, -0.25) is 4.79 Å². The zero-order valence-corrected chi connectivity index (χ0v) is 12.8. The highest BCUT2D eigenvalue weighted by Crippen LogP contribution is 2.12.